The van der Waals surface area contributed by atoms with E-state index >= 15 is 0 Å². The highest BCUT2D eigenvalue weighted by Crippen LogP contribution is 2.21. The second-order valence-electron chi connectivity index (χ2n) is 4.09. The average molecular weight is 297 g/mol. The number of rotatable bonds is 3. The molecule has 4 nitrogen and oxygen atoms in total. The van der Waals surface area contributed by atoms with Crippen molar-refractivity contribution in [2.24, 2.45) is 0 Å². The Balaban J connectivity index is 2.33. The fourth-order valence-electron chi connectivity index (χ4n) is 1.63. The molecule has 0 saturated heterocycles. The summed E-state index contributed by atoms with van der Waals surface area (Å²) >= 11 is 11.8. The number of hydrogen-bond donors (Lipinski definition) is 0. The van der Waals surface area contributed by atoms with Crippen molar-refractivity contribution >= 4 is 29.0 Å². The lowest BCUT2D eigenvalue weighted by atomic mass is 10.1. The predicted octanol–water partition coefficient (Wildman–Crippen LogP) is 2.74. The Kier molecular flexibility index (Phi) is 4.02. The van der Waals surface area contributed by atoms with E-state index < -0.39 is 5.69 Å². The smallest absolute Gasteiger partial charge is 0.292 e. The van der Waals surface area contributed by atoms with Crippen LogP contribution >= 0.6 is 23.2 Å². The lowest BCUT2D eigenvalue weighted by molar-refractivity contribution is 0.0970. The first-order valence-corrected chi connectivity index (χ1v) is 6.24. The molecule has 0 N–H and O–H groups in total. The van der Waals surface area contributed by atoms with Gasteiger partial charge in [0.2, 0.25) is 0 Å². The third kappa shape index (κ3) is 3.22. The predicted molar refractivity (Wildman–Crippen MR) is 74.0 cm³/mol. The van der Waals surface area contributed by atoms with Crippen LogP contribution in [0.25, 0.3) is 0 Å². The molecule has 6 heteroatoms. The van der Waals surface area contributed by atoms with Crippen LogP contribution in [0.3, 0.4) is 0 Å². The molecule has 0 radical (unpaired) electrons. The van der Waals surface area contributed by atoms with E-state index in [0.29, 0.717) is 15.6 Å². The van der Waals surface area contributed by atoms with Crippen molar-refractivity contribution in [2.75, 3.05) is 0 Å². The highest BCUT2D eigenvalue weighted by molar-refractivity contribution is 6.35. The number of Topliss-reactive ketones (excluding diaryl/α,β-unsaturated/α-hetero) is 1. The third-order valence-electron chi connectivity index (χ3n) is 2.53. The fourth-order valence-corrected chi connectivity index (χ4v) is 2.02. The molecule has 0 spiro atoms. The molecule has 0 aliphatic heterocycles. The number of aryl methyl sites for hydroxylation is 1. The highest BCUT2D eigenvalue weighted by Gasteiger charge is 2.12. The van der Waals surface area contributed by atoms with Gasteiger partial charge in [-0.1, -0.05) is 23.2 Å². The van der Waals surface area contributed by atoms with Gasteiger partial charge in [0, 0.05) is 23.0 Å². The van der Waals surface area contributed by atoms with Crippen molar-refractivity contribution in [2.45, 2.75) is 13.5 Å². The molecule has 0 saturated carbocycles. The molecule has 0 amide bonds. The molecule has 2 aromatic rings. The normalized spacial score (nSPS) is 10.5. The number of benzene rings is 1. The molecule has 2 rings (SSSR count). The van der Waals surface area contributed by atoms with Gasteiger partial charge in [0.25, 0.3) is 0 Å². The quantitative estimate of drug-likeness (QED) is 0.819. The Morgan fingerprint density at radius 3 is 2.84 bits per heavy atom. The third-order valence-corrected chi connectivity index (χ3v) is 3.09. The van der Waals surface area contributed by atoms with Crippen LogP contribution in [0, 0.1) is 6.92 Å². The van der Waals surface area contributed by atoms with Crippen molar-refractivity contribution in [3.05, 3.63) is 62.2 Å². The summed E-state index contributed by atoms with van der Waals surface area (Å²) in [5.41, 5.74) is 0.615. The van der Waals surface area contributed by atoms with Crippen LogP contribution in [0.15, 0.2) is 35.4 Å². The number of ketones is 1. The van der Waals surface area contributed by atoms with Gasteiger partial charge in [-0.25, -0.2) is 9.78 Å². The number of halogens is 2. The highest BCUT2D eigenvalue weighted by atomic mass is 35.5. The monoisotopic (exact) mass is 296 g/mol. The van der Waals surface area contributed by atoms with Gasteiger partial charge in [-0.05, 0) is 30.7 Å². The van der Waals surface area contributed by atoms with Gasteiger partial charge < -0.3 is 0 Å². The van der Waals surface area contributed by atoms with Gasteiger partial charge in [-0.15, -0.1) is 0 Å². The van der Waals surface area contributed by atoms with Gasteiger partial charge in [0.15, 0.2) is 5.78 Å². The SMILES string of the molecule is Cc1cnc(=O)n(CC(=O)c2cc(Cl)ccc2Cl)c1. The van der Waals surface area contributed by atoms with Crippen LogP contribution in [0.1, 0.15) is 15.9 Å². The lowest BCUT2D eigenvalue weighted by Crippen LogP contribution is -2.26. The van der Waals surface area contributed by atoms with Crippen LogP contribution in [0.4, 0.5) is 0 Å². The van der Waals surface area contributed by atoms with E-state index in [9.17, 15) is 9.59 Å². The van der Waals surface area contributed by atoms with E-state index in [4.69, 9.17) is 23.2 Å². The molecule has 1 aromatic carbocycles. The summed E-state index contributed by atoms with van der Waals surface area (Å²) in [5, 5.41) is 0.727. The summed E-state index contributed by atoms with van der Waals surface area (Å²) < 4.78 is 1.24. The minimum absolute atomic E-state index is 0.117. The molecule has 1 aromatic heterocycles. The summed E-state index contributed by atoms with van der Waals surface area (Å²) in [7, 11) is 0. The number of carbonyl (C=O) groups is 1. The van der Waals surface area contributed by atoms with E-state index in [1.54, 1.807) is 25.3 Å². The first-order chi connectivity index (χ1) is 8.97. The van der Waals surface area contributed by atoms with Crippen molar-refractivity contribution in [1.29, 1.82) is 0 Å². The van der Waals surface area contributed by atoms with Gasteiger partial charge >= 0.3 is 5.69 Å². The number of nitrogens with zero attached hydrogens (tertiary/aromatic N) is 2. The lowest BCUT2D eigenvalue weighted by Gasteiger charge is -2.07. The van der Waals surface area contributed by atoms with E-state index in [1.165, 1.54) is 16.8 Å². The summed E-state index contributed by atoms with van der Waals surface area (Å²) in [4.78, 5) is 27.3. The van der Waals surface area contributed by atoms with Gasteiger partial charge in [0.05, 0.1) is 11.6 Å². The standard InChI is InChI=1S/C13H10Cl2N2O2/c1-8-5-16-13(19)17(6-8)7-12(18)10-4-9(14)2-3-11(10)15/h2-6H,7H2,1H3. The number of aromatic nitrogens is 2. The molecule has 0 atom stereocenters. The summed E-state index contributed by atoms with van der Waals surface area (Å²) in [6, 6.07) is 4.63. The molecule has 0 fully saturated rings. The van der Waals surface area contributed by atoms with Crippen molar-refractivity contribution < 1.29 is 4.79 Å². The fraction of sp³-hybridized carbons (Fsp3) is 0.154. The van der Waals surface area contributed by atoms with Crippen LogP contribution in [0.5, 0.6) is 0 Å². The maximum absolute atomic E-state index is 12.1. The van der Waals surface area contributed by atoms with Crippen LogP contribution in [-0.4, -0.2) is 15.3 Å². The molecule has 0 aliphatic rings. The van der Waals surface area contributed by atoms with Crippen molar-refractivity contribution in [3.63, 3.8) is 0 Å². The van der Waals surface area contributed by atoms with Crippen LogP contribution in [0.2, 0.25) is 10.0 Å². The summed E-state index contributed by atoms with van der Waals surface area (Å²) in [5.74, 6) is -0.290. The average Bonchev–Trinajstić information content (AvgIpc) is 2.36. The Bertz CT molecular complexity index is 695. The molecule has 0 aliphatic carbocycles. The van der Waals surface area contributed by atoms with E-state index in [2.05, 4.69) is 4.98 Å². The zero-order valence-electron chi connectivity index (χ0n) is 10.1. The van der Waals surface area contributed by atoms with Gasteiger partial charge in [-0.3, -0.25) is 9.36 Å². The molecule has 19 heavy (non-hydrogen) atoms. The Morgan fingerprint density at radius 1 is 1.37 bits per heavy atom. The van der Waals surface area contributed by atoms with Crippen molar-refractivity contribution in [1.82, 2.24) is 9.55 Å². The van der Waals surface area contributed by atoms with Crippen LogP contribution in [-0.2, 0) is 6.54 Å². The topological polar surface area (TPSA) is 52.0 Å². The van der Waals surface area contributed by atoms with E-state index in [0.717, 1.165) is 5.56 Å². The van der Waals surface area contributed by atoms with Crippen molar-refractivity contribution in [3.8, 4) is 0 Å². The first kappa shape index (κ1) is 13.8. The second kappa shape index (κ2) is 5.55. The van der Waals surface area contributed by atoms with Gasteiger partial charge in [-0.2, -0.15) is 0 Å². The maximum atomic E-state index is 12.1. The Morgan fingerprint density at radius 2 is 2.11 bits per heavy atom. The summed E-state index contributed by atoms with van der Waals surface area (Å²) in [6.45, 7) is 1.67. The van der Waals surface area contributed by atoms with E-state index in [-0.39, 0.29) is 12.3 Å². The Labute approximate surface area is 119 Å². The number of carbonyl (C=O) groups excluding carboxylic acids is 1. The molecular weight excluding hydrogens is 287 g/mol. The zero-order valence-corrected chi connectivity index (χ0v) is 11.6. The summed E-state index contributed by atoms with van der Waals surface area (Å²) in [6.07, 6.45) is 3.03. The Hall–Kier alpha value is -1.65. The molecule has 98 valence electrons. The first-order valence-electron chi connectivity index (χ1n) is 5.48. The zero-order chi connectivity index (χ0) is 14.0. The minimum atomic E-state index is -0.475. The van der Waals surface area contributed by atoms with E-state index in [1.807, 2.05) is 0 Å². The minimum Gasteiger partial charge on any atom is -0.292 e. The number of hydrogen-bond acceptors (Lipinski definition) is 3. The largest absolute Gasteiger partial charge is 0.347 e. The van der Waals surface area contributed by atoms with Crippen LogP contribution < -0.4 is 5.69 Å². The molecule has 1 heterocycles. The second-order valence-corrected chi connectivity index (χ2v) is 4.93. The maximum Gasteiger partial charge on any atom is 0.347 e. The van der Waals surface area contributed by atoms with Gasteiger partial charge in [0.1, 0.15) is 0 Å². The molecular formula is C13H10Cl2N2O2. The molecule has 0 unspecified atom stereocenters. The molecule has 0 bridgehead atoms.